The maximum atomic E-state index is 11.8. The Kier molecular flexibility index (Phi) is 4.46. The average Bonchev–Trinajstić information content (AvgIpc) is 2.45. The van der Waals surface area contributed by atoms with Gasteiger partial charge in [0.1, 0.15) is 0 Å². The molecule has 0 saturated heterocycles. The smallest absolute Gasteiger partial charge is 0.225 e. The van der Waals surface area contributed by atoms with Gasteiger partial charge in [-0.3, -0.25) is 4.79 Å². The summed E-state index contributed by atoms with van der Waals surface area (Å²) in [5.74, 6) is -0.552. The molecule has 0 unspecified atom stereocenters. The second-order valence-electron chi connectivity index (χ2n) is 6.52. The van der Waals surface area contributed by atoms with E-state index in [2.05, 4.69) is 32.9 Å². The van der Waals surface area contributed by atoms with Gasteiger partial charge >= 0.3 is 0 Å². The maximum absolute atomic E-state index is 11.8. The van der Waals surface area contributed by atoms with Gasteiger partial charge in [-0.2, -0.15) is 0 Å². The average molecular weight is 281 g/mol. The highest BCUT2D eigenvalue weighted by atomic mass is 16.1. The second kappa shape index (κ2) is 6.13. The van der Waals surface area contributed by atoms with Gasteiger partial charge in [0.25, 0.3) is 0 Å². The standard InChI is InChI=1S/C19H23NO/c1-19(2,3)16-11-9-15(10-12-16)17(18(20)21)13-14-7-5-4-6-8-14/h4-12,17H,13H2,1-3H3,(H2,20,21)/t17-/m0/s1. The first kappa shape index (κ1) is 15.3. The molecule has 2 aromatic carbocycles. The summed E-state index contributed by atoms with van der Waals surface area (Å²) >= 11 is 0. The van der Waals surface area contributed by atoms with Crippen molar-refractivity contribution in [2.75, 3.05) is 0 Å². The lowest BCUT2D eigenvalue weighted by Crippen LogP contribution is -2.23. The maximum Gasteiger partial charge on any atom is 0.225 e. The minimum atomic E-state index is -0.276. The van der Waals surface area contributed by atoms with E-state index >= 15 is 0 Å². The molecular weight excluding hydrogens is 258 g/mol. The number of amides is 1. The first-order chi connectivity index (χ1) is 9.88. The summed E-state index contributed by atoms with van der Waals surface area (Å²) in [4.78, 5) is 11.8. The molecule has 0 aliphatic carbocycles. The molecule has 110 valence electrons. The van der Waals surface area contributed by atoms with E-state index < -0.39 is 0 Å². The molecule has 2 rings (SSSR count). The van der Waals surface area contributed by atoms with Crippen LogP contribution in [-0.2, 0) is 16.6 Å². The van der Waals surface area contributed by atoms with Crippen LogP contribution < -0.4 is 5.73 Å². The first-order valence-corrected chi connectivity index (χ1v) is 7.31. The van der Waals surface area contributed by atoms with E-state index in [1.807, 2.05) is 42.5 Å². The predicted molar refractivity (Wildman–Crippen MR) is 87.2 cm³/mol. The van der Waals surface area contributed by atoms with Gasteiger partial charge in [-0.05, 0) is 28.5 Å². The van der Waals surface area contributed by atoms with Crippen LogP contribution in [0, 0.1) is 0 Å². The zero-order valence-corrected chi connectivity index (χ0v) is 13.0. The normalized spacial score (nSPS) is 12.9. The number of hydrogen-bond acceptors (Lipinski definition) is 1. The van der Waals surface area contributed by atoms with Crippen molar-refractivity contribution in [3.63, 3.8) is 0 Å². The first-order valence-electron chi connectivity index (χ1n) is 7.31. The van der Waals surface area contributed by atoms with Gasteiger partial charge in [0.15, 0.2) is 0 Å². The van der Waals surface area contributed by atoms with Crippen molar-refractivity contribution in [3.8, 4) is 0 Å². The summed E-state index contributed by atoms with van der Waals surface area (Å²) < 4.78 is 0. The summed E-state index contributed by atoms with van der Waals surface area (Å²) in [5.41, 5.74) is 9.08. The predicted octanol–water partition coefficient (Wildman–Crippen LogP) is 3.80. The molecule has 21 heavy (non-hydrogen) atoms. The number of hydrogen-bond donors (Lipinski definition) is 1. The Hall–Kier alpha value is -2.09. The number of nitrogens with two attached hydrogens (primary N) is 1. The van der Waals surface area contributed by atoms with Crippen LogP contribution in [-0.4, -0.2) is 5.91 Å². The minimum Gasteiger partial charge on any atom is -0.369 e. The van der Waals surface area contributed by atoms with E-state index in [9.17, 15) is 4.79 Å². The van der Waals surface area contributed by atoms with E-state index in [0.717, 1.165) is 11.1 Å². The fourth-order valence-corrected chi connectivity index (χ4v) is 2.45. The van der Waals surface area contributed by atoms with Gasteiger partial charge in [-0.25, -0.2) is 0 Å². The van der Waals surface area contributed by atoms with Crippen molar-refractivity contribution in [1.82, 2.24) is 0 Å². The molecule has 2 nitrogen and oxygen atoms in total. The Morgan fingerprint density at radius 1 is 1.00 bits per heavy atom. The molecule has 0 heterocycles. The Morgan fingerprint density at radius 2 is 1.57 bits per heavy atom. The van der Waals surface area contributed by atoms with Gasteiger partial charge in [0, 0.05) is 0 Å². The summed E-state index contributed by atoms with van der Waals surface area (Å²) in [7, 11) is 0. The second-order valence-corrected chi connectivity index (χ2v) is 6.52. The van der Waals surface area contributed by atoms with Gasteiger partial charge in [0.05, 0.1) is 5.92 Å². The molecule has 2 heteroatoms. The van der Waals surface area contributed by atoms with Crippen LogP contribution >= 0.6 is 0 Å². The monoisotopic (exact) mass is 281 g/mol. The number of benzene rings is 2. The molecule has 0 saturated carbocycles. The van der Waals surface area contributed by atoms with Gasteiger partial charge in [0.2, 0.25) is 5.91 Å². The van der Waals surface area contributed by atoms with Crippen molar-refractivity contribution in [2.24, 2.45) is 5.73 Å². The van der Waals surface area contributed by atoms with E-state index in [4.69, 9.17) is 5.73 Å². The van der Waals surface area contributed by atoms with E-state index in [-0.39, 0.29) is 17.2 Å². The largest absolute Gasteiger partial charge is 0.369 e. The van der Waals surface area contributed by atoms with Gasteiger partial charge in [-0.1, -0.05) is 75.4 Å². The van der Waals surface area contributed by atoms with Crippen LogP contribution in [0.15, 0.2) is 54.6 Å². The molecule has 2 N–H and O–H groups in total. The summed E-state index contributed by atoms with van der Waals surface area (Å²) in [5, 5.41) is 0. The number of carbonyl (C=O) groups is 1. The van der Waals surface area contributed by atoms with Crippen LogP contribution in [0.5, 0.6) is 0 Å². The summed E-state index contributed by atoms with van der Waals surface area (Å²) in [6, 6.07) is 18.2. The van der Waals surface area contributed by atoms with E-state index in [1.165, 1.54) is 5.56 Å². The van der Waals surface area contributed by atoms with Crippen molar-refractivity contribution in [1.29, 1.82) is 0 Å². The zero-order valence-electron chi connectivity index (χ0n) is 13.0. The van der Waals surface area contributed by atoms with Gasteiger partial charge < -0.3 is 5.73 Å². The Balaban J connectivity index is 2.25. The van der Waals surface area contributed by atoms with E-state index in [0.29, 0.717) is 6.42 Å². The lowest BCUT2D eigenvalue weighted by molar-refractivity contribution is -0.119. The van der Waals surface area contributed by atoms with Crippen molar-refractivity contribution in [2.45, 2.75) is 38.5 Å². The van der Waals surface area contributed by atoms with Crippen LogP contribution in [0.3, 0.4) is 0 Å². The minimum absolute atomic E-state index is 0.111. The quantitative estimate of drug-likeness (QED) is 0.910. The highest BCUT2D eigenvalue weighted by Crippen LogP contribution is 2.26. The molecule has 1 atom stereocenters. The van der Waals surface area contributed by atoms with Crippen molar-refractivity contribution < 1.29 is 4.79 Å². The molecular formula is C19H23NO. The summed E-state index contributed by atoms with van der Waals surface area (Å²) in [6.45, 7) is 6.53. The fraction of sp³-hybridized carbons (Fsp3) is 0.316. The molecule has 0 radical (unpaired) electrons. The summed E-state index contributed by atoms with van der Waals surface area (Å²) in [6.07, 6.45) is 0.644. The van der Waals surface area contributed by atoms with E-state index in [1.54, 1.807) is 0 Å². The third kappa shape index (κ3) is 3.94. The lowest BCUT2D eigenvalue weighted by Gasteiger charge is -2.20. The molecule has 2 aromatic rings. The molecule has 0 aliphatic rings. The molecule has 0 aromatic heterocycles. The molecule has 1 amide bonds. The molecule has 0 aliphatic heterocycles. The van der Waals surface area contributed by atoms with Crippen LogP contribution in [0.25, 0.3) is 0 Å². The molecule has 0 bridgehead atoms. The zero-order chi connectivity index (χ0) is 15.5. The Morgan fingerprint density at radius 3 is 2.05 bits per heavy atom. The fourth-order valence-electron chi connectivity index (χ4n) is 2.45. The highest BCUT2D eigenvalue weighted by molar-refractivity contribution is 5.82. The number of rotatable bonds is 4. The SMILES string of the molecule is CC(C)(C)c1ccc([C@H](Cc2ccccc2)C(N)=O)cc1. The Labute approximate surface area is 127 Å². The molecule has 0 spiro atoms. The lowest BCUT2D eigenvalue weighted by atomic mass is 9.84. The van der Waals surface area contributed by atoms with Crippen molar-refractivity contribution >= 4 is 5.91 Å². The van der Waals surface area contributed by atoms with Crippen molar-refractivity contribution in [3.05, 3.63) is 71.3 Å². The van der Waals surface area contributed by atoms with Crippen LogP contribution in [0.2, 0.25) is 0 Å². The Bertz CT molecular complexity index is 594. The topological polar surface area (TPSA) is 43.1 Å². The molecule has 0 fully saturated rings. The number of primary amides is 1. The van der Waals surface area contributed by atoms with Gasteiger partial charge in [-0.15, -0.1) is 0 Å². The van der Waals surface area contributed by atoms with Crippen LogP contribution in [0.1, 0.15) is 43.4 Å². The third-order valence-corrected chi connectivity index (χ3v) is 3.81. The number of carbonyl (C=O) groups excluding carboxylic acids is 1. The van der Waals surface area contributed by atoms with Crippen LogP contribution in [0.4, 0.5) is 0 Å². The highest BCUT2D eigenvalue weighted by Gasteiger charge is 2.20. The third-order valence-electron chi connectivity index (χ3n) is 3.81.